The van der Waals surface area contributed by atoms with Crippen LogP contribution in [0.1, 0.15) is 46.5 Å². The van der Waals surface area contributed by atoms with Crippen LogP contribution in [0.25, 0.3) is 0 Å². The second-order valence-electron chi connectivity index (χ2n) is 6.21. The molecule has 0 radical (unpaired) electrons. The molecular formula is C16H25N. The summed E-state index contributed by atoms with van der Waals surface area (Å²) in [4.78, 5) is 2.51. The van der Waals surface area contributed by atoms with Crippen molar-refractivity contribution in [3.63, 3.8) is 0 Å². The van der Waals surface area contributed by atoms with Crippen LogP contribution in [-0.2, 0) is 0 Å². The lowest BCUT2D eigenvalue weighted by molar-refractivity contribution is 0.254. The Hall–Kier alpha value is -0.780. The molecular weight excluding hydrogens is 206 g/mol. The van der Waals surface area contributed by atoms with Gasteiger partial charge in [0.25, 0.3) is 0 Å². The molecule has 0 heterocycles. The average Bonchev–Trinajstić information content (AvgIpc) is 2.95. The molecule has 1 nitrogen and oxygen atoms in total. The van der Waals surface area contributed by atoms with E-state index in [4.69, 9.17) is 0 Å². The fourth-order valence-corrected chi connectivity index (χ4v) is 2.50. The van der Waals surface area contributed by atoms with Gasteiger partial charge in [0.15, 0.2) is 0 Å². The zero-order chi connectivity index (χ0) is 12.5. The Labute approximate surface area is 106 Å². The zero-order valence-electron chi connectivity index (χ0n) is 11.7. The van der Waals surface area contributed by atoms with E-state index in [1.807, 2.05) is 0 Å². The van der Waals surface area contributed by atoms with E-state index in [1.54, 1.807) is 0 Å². The van der Waals surface area contributed by atoms with Gasteiger partial charge in [0.2, 0.25) is 0 Å². The summed E-state index contributed by atoms with van der Waals surface area (Å²) in [6.45, 7) is 7.96. The molecule has 0 aliphatic heterocycles. The predicted octanol–water partition coefficient (Wildman–Crippen LogP) is 3.93. The Morgan fingerprint density at radius 3 is 2.82 bits per heavy atom. The molecule has 1 saturated carbocycles. The molecule has 2 aliphatic carbocycles. The number of allylic oxidation sites excluding steroid dienone is 2. The first-order valence-electron chi connectivity index (χ1n) is 6.83. The highest BCUT2D eigenvalue weighted by atomic mass is 15.2. The topological polar surface area (TPSA) is 3.24 Å². The van der Waals surface area contributed by atoms with E-state index in [0.29, 0.717) is 5.54 Å². The largest absolute Gasteiger partial charge is 0.296 e. The molecule has 1 atom stereocenters. The lowest BCUT2D eigenvalue weighted by atomic mass is 9.95. The minimum absolute atomic E-state index is 0.476. The first kappa shape index (κ1) is 12.7. The molecule has 1 heteroatoms. The summed E-state index contributed by atoms with van der Waals surface area (Å²) in [5.41, 5.74) is 6.82. The highest BCUT2D eigenvalue weighted by Gasteiger charge is 2.41. The highest BCUT2D eigenvalue weighted by molar-refractivity contribution is 5.22. The molecule has 0 saturated heterocycles. The van der Waals surface area contributed by atoms with Gasteiger partial charge >= 0.3 is 0 Å². The first-order valence-corrected chi connectivity index (χ1v) is 6.83. The molecule has 0 N–H and O–H groups in total. The first-order chi connectivity index (χ1) is 7.99. The van der Waals surface area contributed by atoms with E-state index >= 15 is 0 Å². The molecule has 0 aromatic heterocycles. The monoisotopic (exact) mass is 231 g/mol. The van der Waals surface area contributed by atoms with Crippen LogP contribution < -0.4 is 0 Å². The smallest absolute Gasteiger partial charge is 0.0270 e. The van der Waals surface area contributed by atoms with E-state index < -0.39 is 0 Å². The van der Waals surface area contributed by atoms with E-state index in [0.717, 1.165) is 12.5 Å². The van der Waals surface area contributed by atoms with E-state index in [9.17, 15) is 0 Å². The summed E-state index contributed by atoms with van der Waals surface area (Å²) >= 11 is 0. The van der Waals surface area contributed by atoms with Gasteiger partial charge in [0.1, 0.15) is 0 Å². The molecule has 2 rings (SSSR count). The summed E-state index contributed by atoms with van der Waals surface area (Å²) in [7, 11) is 2.26. The van der Waals surface area contributed by atoms with Gasteiger partial charge in [-0.3, -0.25) is 4.90 Å². The Kier molecular flexibility index (Phi) is 3.61. The van der Waals surface area contributed by atoms with Gasteiger partial charge in [-0.1, -0.05) is 19.1 Å². The van der Waals surface area contributed by atoms with Crippen molar-refractivity contribution in [3.05, 3.63) is 29.0 Å². The summed E-state index contributed by atoms with van der Waals surface area (Å²) in [5, 5.41) is 0. The lowest BCUT2D eigenvalue weighted by Crippen LogP contribution is -2.32. The van der Waals surface area contributed by atoms with Crippen LogP contribution >= 0.6 is 0 Å². The molecule has 0 aromatic carbocycles. The van der Waals surface area contributed by atoms with Crippen LogP contribution in [0.15, 0.2) is 29.0 Å². The lowest BCUT2D eigenvalue weighted by Gasteiger charge is -2.26. The summed E-state index contributed by atoms with van der Waals surface area (Å²) in [5.74, 6) is 0.752. The number of hydrogen-bond donors (Lipinski definition) is 0. The molecule has 0 spiro atoms. The molecule has 0 amide bonds. The SMILES string of the molecule is CC1=C=C(CN(C)C2(C)CC2)C[C@H](C)CC=C1. The molecule has 1 fully saturated rings. The van der Waals surface area contributed by atoms with Crippen molar-refractivity contribution in [2.45, 2.75) is 52.0 Å². The fraction of sp³-hybridized carbons (Fsp3) is 0.688. The summed E-state index contributed by atoms with van der Waals surface area (Å²) < 4.78 is 0. The second-order valence-corrected chi connectivity index (χ2v) is 6.21. The maximum Gasteiger partial charge on any atom is 0.0270 e. The number of nitrogens with zero attached hydrogens (tertiary/aromatic N) is 1. The van der Waals surface area contributed by atoms with Gasteiger partial charge < -0.3 is 0 Å². The molecule has 2 aliphatic rings. The van der Waals surface area contributed by atoms with Gasteiger partial charge in [-0.2, -0.15) is 0 Å². The van der Waals surface area contributed by atoms with E-state index in [2.05, 4.69) is 50.6 Å². The van der Waals surface area contributed by atoms with Crippen molar-refractivity contribution in [1.29, 1.82) is 0 Å². The number of hydrogen-bond acceptors (Lipinski definition) is 1. The molecule has 0 aromatic rings. The van der Waals surface area contributed by atoms with Crippen LogP contribution in [0.3, 0.4) is 0 Å². The fourth-order valence-electron chi connectivity index (χ4n) is 2.50. The quantitative estimate of drug-likeness (QED) is 0.665. The highest BCUT2D eigenvalue weighted by Crippen LogP contribution is 2.40. The average molecular weight is 231 g/mol. The number of likely N-dealkylation sites (N-methyl/N-ethyl adjacent to an activating group) is 1. The third kappa shape index (κ3) is 3.34. The summed E-state index contributed by atoms with van der Waals surface area (Å²) in [6.07, 6.45) is 9.61. The van der Waals surface area contributed by atoms with Gasteiger partial charge in [-0.25, -0.2) is 0 Å². The molecule has 17 heavy (non-hydrogen) atoms. The van der Waals surface area contributed by atoms with Crippen LogP contribution in [0.2, 0.25) is 0 Å². The van der Waals surface area contributed by atoms with Crippen molar-refractivity contribution >= 4 is 0 Å². The van der Waals surface area contributed by atoms with Crippen molar-refractivity contribution in [1.82, 2.24) is 4.90 Å². The van der Waals surface area contributed by atoms with Gasteiger partial charge in [0, 0.05) is 12.1 Å². The van der Waals surface area contributed by atoms with E-state index in [-0.39, 0.29) is 0 Å². The van der Waals surface area contributed by atoms with Crippen molar-refractivity contribution in [2.24, 2.45) is 5.92 Å². The Morgan fingerprint density at radius 2 is 2.18 bits per heavy atom. The Morgan fingerprint density at radius 1 is 1.47 bits per heavy atom. The Balaban J connectivity index is 2.11. The minimum atomic E-state index is 0.476. The zero-order valence-corrected chi connectivity index (χ0v) is 11.7. The van der Waals surface area contributed by atoms with Gasteiger partial charge in [-0.05, 0) is 63.6 Å². The maximum atomic E-state index is 3.58. The van der Waals surface area contributed by atoms with Crippen molar-refractivity contribution in [3.8, 4) is 0 Å². The standard InChI is InChI=1S/C16H25N/c1-13-6-5-7-14(2)11-15(10-13)12-17(4)16(3)8-9-16/h5-6,14H,7-9,11-12H2,1-4H3/t10?,14-/m1/s1. The van der Waals surface area contributed by atoms with Crippen LogP contribution in [0.5, 0.6) is 0 Å². The second kappa shape index (κ2) is 4.84. The van der Waals surface area contributed by atoms with Crippen molar-refractivity contribution in [2.75, 3.05) is 13.6 Å². The minimum Gasteiger partial charge on any atom is -0.296 e. The summed E-state index contributed by atoms with van der Waals surface area (Å²) in [6, 6.07) is 0. The van der Waals surface area contributed by atoms with Crippen LogP contribution in [0, 0.1) is 5.92 Å². The Bertz CT molecular complexity index is 378. The van der Waals surface area contributed by atoms with Crippen molar-refractivity contribution < 1.29 is 0 Å². The van der Waals surface area contributed by atoms with Crippen LogP contribution in [-0.4, -0.2) is 24.0 Å². The van der Waals surface area contributed by atoms with Crippen LogP contribution in [0.4, 0.5) is 0 Å². The predicted molar refractivity (Wildman–Crippen MR) is 74.0 cm³/mol. The van der Waals surface area contributed by atoms with E-state index in [1.165, 1.54) is 36.8 Å². The third-order valence-electron chi connectivity index (χ3n) is 4.20. The van der Waals surface area contributed by atoms with Gasteiger partial charge in [0.05, 0.1) is 0 Å². The normalized spacial score (nSPS) is 27.2. The maximum absolute atomic E-state index is 3.58. The third-order valence-corrected chi connectivity index (χ3v) is 4.20. The molecule has 0 bridgehead atoms. The molecule has 94 valence electrons. The van der Waals surface area contributed by atoms with Gasteiger partial charge in [-0.15, -0.1) is 5.73 Å². The number of rotatable bonds is 3. The molecule has 0 unspecified atom stereocenters.